The summed E-state index contributed by atoms with van der Waals surface area (Å²) in [4.78, 5) is 15.3. The molecule has 0 aliphatic carbocycles. The molecule has 0 saturated carbocycles. The lowest BCUT2D eigenvalue weighted by molar-refractivity contribution is -0.125. The summed E-state index contributed by atoms with van der Waals surface area (Å²) in [6, 6.07) is 8.01. The molecule has 3 saturated heterocycles. The molecule has 1 aromatic carbocycles. The Kier molecular flexibility index (Phi) is 4.74. The van der Waals surface area contributed by atoms with Gasteiger partial charge in [-0.2, -0.15) is 0 Å². The minimum absolute atomic E-state index is 0.104. The maximum Gasteiger partial charge on any atom is 0.228 e. The summed E-state index contributed by atoms with van der Waals surface area (Å²) in [5, 5.41) is 4.04. The number of nitrogens with zero attached hydrogens (tertiary/aromatic N) is 1. The van der Waals surface area contributed by atoms with Crippen LogP contribution < -0.4 is 5.32 Å². The van der Waals surface area contributed by atoms with Crippen LogP contribution in [0.25, 0.3) is 0 Å². The van der Waals surface area contributed by atoms with Gasteiger partial charge in [-0.15, -0.1) is 0 Å². The van der Waals surface area contributed by atoms with Crippen LogP contribution in [-0.4, -0.2) is 36.5 Å². The first-order valence-electron chi connectivity index (χ1n) is 8.33. The molecule has 1 N–H and O–H groups in total. The number of rotatable bonds is 4. The Hall–Kier alpha value is -1.06. The van der Waals surface area contributed by atoms with Crippen molar-refractivity contribution in [3.63, 3.8) is 0 Å². The van der Waals surface area contributed by atoms with Crippen LogP contribution in [0.3, 0.4) is 0 Å². The van der Waals surface area contributed by atoms with Crippen LogP contribution in [0, 0.1) is 11.8 Å². The van der Waals surface area contributed by atoms with Gasteiger partial charge in [0.25, 0.3) is 0 Å². The molecule has 2 unspecified atom stereocenters. The van der Waals surface area contributed by atoms with E-state index in [1.54, 1.807) is 0 Å². The number of benzene rings is 1. The van der Waals surface area contributed by atoms with Crippen molar-refractivity contribution in [3.8, 4) is 0 Å². The van der Waals surface area contributed by atoms with E-state index in [-0.39, 0.29) is 17.7 Å². The second kappa shape index (κ2) is 6.59. The Bertz CT molecular complexity index is 520. The van der Waals surface area contributed by atoms with E-state index in [9.17, 15) is 4.79 Å². The van der Waals surface area contributed by atoms with Crippen LogP contribution in [0.4, 0.5) is 0 Å². The number of fused-ring (bicyclic) bond motifs is 3. The van der Waals surface area contributed by atoms with Crippen LogP contribution in [0.5, 0.6) is 0 Å². The molecule has 3 aliphatic rings. The van der Waals surface area contributed by atoms with Gasteiger partial charge in [0.2, 0.25) is 5.91 Å². The van der Waals surface area contributed by atoms with E-state index >= 15 is 0 Å². The van der Waals surface area contributed by atoms with Crippen LogP contribution in [-0.2, 0) is 4.79 Å². The normalized spacial score (nSPS) is 28.6. The molecule has 2 bridgehead atoms. The van der Waals surface area contributed by atoms with Gasteiger partial charge in [-0.05, 0) is 55.5 Å². The molecule has 3 fully saturated rings. The number of hydrogen-bond donors (Lipinski definition) is 1. The summed E-state index contributed by atoms with van der Waals surface area (Å²) >= 11 is 5.97. The number of nitrogens with one attached hydrogen (secondary N) is 1. The lowest BCUT2D eigenvalue weighted by atomic mass is 9.82. The molecule has 0 radical (unpaired) electrons. The molecule has 2 atom stereocenters. The topological polar surface area (TPSA) is 32.3 Å². The van der Waals surface area contributed by atoms with E-state index in [1.165, 1.54) is 25.9 Å². The highest BCUT2D eigenvalue weighted by molar-refractivity contribution is 6.30. The van der Waals surface area contributed by atoms with E-state index < -0.39 is 0 Å². The molecule has 4 heteroatoms. The molecule has 1 amide bonds. The number of amides is 1. The van der Waals surface area contributed by atoms with Crippen molar-refractivity contribution in [2.24, 2.45) is 11.8 Å². The molecule has 4 rings (SSSR count). The van der Waals surface area contributed by atoms with Gasteiger partial charge in [-0.25, -0.2) is 0 Å². The highest BCUT2D eigenvalue weighted by atomic mass is 35.5. The second-order valence-corrected chi connectivity index (χ2v) is 7.46. The zero-order valence-electron chi connectivity index (χ0n) is 13.4. The van der Waals surface area contributed by atoms with Crippen LogP contribution in [0.2, 0.25) is 5.02 Å². The summed E-state index contributed by atoms with van der Waals surface area (Å²) in [5.74, 6) is 0.984. The Morgan fingerprint density at radius 2 is 1.86 bits per heavy atom. The van der Waals surface area contributed by atoms with Crippen molar-refractivity contribution >= 4 is 17.5 Å². The first-order valence-corrected chi connectivity index (χ1v) is 8.70. The maximum absolute atomic E-state index is 12.9. The molecule has 3 heterocycles. The Morgan fingerprint density at radius 1 is 1.23 bits per heavy atom. The zero-order chi connectivity index (χ0) is 15.7. The van der Waals surface area contributed by atoms with Gasteiger partial charge in [0, 0.05) is 17.6 Å². The van der Waals surface area contributed by atoms with Crippen LogP contribution in [0.15, 0.2) is 24.3 Å². The molecule has 1 aromatic rings. The van der Waals surface area contributed by atoms with Crippen molar-refractivity contribution in [1.82, 2.24) is 10.2 Å². The minimum atomic E-state index is -0.104. The molecule has 3 nitrogen and oxygen atoms in total. The van der Waals surface area contributed by atoms with E-state index in [4.69, 9.17) is 11.6 Å². The summed E-state index contributed by atoms with van der Waals surface area (Å²) in [7, 11) is 0. The lowest BCUT2D eigenvalue weighted by Gasteiger charge is -2.45. The molecular formula is C18H25ClN2O. The SMILES string of the molecule is CC(C)C(C(=O)NC1CN2CCC1CC2)c1ccc(Cl)cc1. The third kappa shape index (κ3) is 3.31. The average Bonchev–Trinajstić information content (AvgIpc) is 2.50. The minimum Gasteiger partial charge on any atom is -0.351 e. The second-order valence-electron chi connectivity index (χ2n) is 7.03. The fourth-order valence-corrected chi connectivity index (χ4v) is 4.04. The average molecular weight is 321 g/mol. The van der Waals surface area contributed by atoms with Gasteiger partial charge in [-0.1, -0.05) is 37.6 Å². The fourth-order valence-electron chi connectivity index (χ4n) is 3.91. The quantitative estimate of drug-likeness (QED) is 0.923. The van der Waals surface area contributed by atoms with Crippen LogP contribution in [0.1, 0.15) is 38.2 Å². The van der Waals surface area contributed by atoms with Gasteiger partial charge in [0.05, 0.1) is 5.92 Å². The summed E-state index contributed by atoms with van der Waals surface area (Å²) < 4.78 is 0. The highest BCUT2D eigenvalue weighted by Crippen LogP contribution is 2.30. The third-order valence-electron chi connectivity index (χ3n) is 5.16. The van der Waals surface area contributed by atoms with Crippen molar-refractivity contribution in [2.45, 2.75) is 38.6 Å². The third-order valence-corrected chi connectivity index (χ3v) is 5.41. The fraction of sp³-hybridized carbons (Fsp3) is 0.611. The molecule has 3 aliphatic heterocycles. The molecule has 120 valence electrons. The highest BCUT2D eigenvalue weighted by Gasteiger charge is 2.36. The summed E-state index contributed by atoms with van der Waals surface area (Å²) in [5.41, 5.74) is 1.05. The van der Waals surface area contributed by atoms with Gasteiger partial charge < -0.3 is 10.2 Å². The number of carbonyl (C=O) groups excluding carboxylic acids is 1. The predicted molar refractivity (Wildman–Crippen MR) is 90.1 cm³/mol. The van der Waals surface area contributed by atoms with Crippen molar-refractivity contribution in [1.29, 1.82) is 0 Å². The Balaban J connectivity index is 1.71. The molecule has 22 heavy (non-hydrogen) atoms. The van der Waals surface area contributed by atoms with Crippen molar-refractivity contribution in [2.75, 3.05) is 19.6 Å². The van der Waals surface area contributed by atoms with E-state index in [2.05, 4.69) is 24.1 Å². The number of carbonyl (C=O) groups is 1. The number of halogens is 1. The first-order chi connectivity index (χ1) is 10.5. The molecule has 0 aromatic heterocycles. The van der Waals surface area contributed by atoms with Gasteiger partial charge >= 0.3 is 0 Å². The Morgan fingerprint density at radius 3 is 2.36 bits per heavy atom. The van der Waals surface area contributed by atoms with Gasteiger partial charge in [-0.3, -0.25) is 4.79 Å². The molecular weight excluding hydrogens is 296 g/mol. The Labute approximate surface area is 138 Å². The van der Waals surface area contributed by atoms with Gasteiger partial charge in [0.15, 0.2) is 0 Å². The number of piperidine rings is 3. The number of hydrogen-bond acceptors (Lipinski definition) is 2. The predicted octanol–water partition coefficient (Wildman–Crippen LogP) is 3.29. The van der Waals surface area contributed by atoms with E-state index in [0.717, 1.165) is 12.1 Å². The molecule has 0 spiro atoms. The van der Waals surface area contributed by atoms with Crippen molar-refractivity contribution < 1.29 is 4.79 Å². The van der Waals surface area contributed by atoms with Crippen LogP contribution >= 0.6 is 11.6 Å². The van der Waals surface area contributed by atoms with E-state index in [1.807, 2.05) is 24.3 Å². The maximum atomic E-state index is 12.9. The van der Waals surface area contributed by atoms with Gasteiger partial charge in [0.1, 0.15) is 0 Å². The monoisotopic (exact) mass is 320 g/mol. The summed E-state index contributed by atoms with van der Waals surface area (Å²) in [6.07, 6.45) is 2.44. The largest absolute Gasteiger partial charge is 0.351 e. The van der Waals surface area contributed by atoms with Crippen molar-refractivity contribution in [3.05, 3.63) is 34.9 Å². The smallest absolute Gasteiger partial charge is 0.228 e. The first kappa shape index (κ1) is 15.8. The van der Waals surface area contributed by atoms with E-state index in [0.29, 0.717) is 17.0 Å². The summed E-state index contributed by atoms with van der Waals surface area (Å²) in [6.45, 7) is 7.62. The lowest BCUT2D eigenvalue weighted by Crippen LogP contribution is -2.58. The zero-order valence-corrected chi connectivity index (χ0v) is 14.1. The standard InChI is InChI=1S/C18H25ClN2O/c1-12(2)17(14-3-5-15(19)6-4-14)18(22)20-16-11-21-9-7-13(16)8-10-21/h3-6,12-13,16-17H,7-11H2,1-2H3,(H,20,22).